The molecule has 1 aromatic carbocycles. The van der Waals surface area contributed by atoms with Crippen LogP contribution < -0.4 is 0 Å². The average Bonchev–Trinajstić information content (AvgIpc) is 2.39. The fourth-order valence-electron chi connectivity index (χ4n) is 1.52. The van der Waals surface area contributed by atoms with Crippen LogP contribution in [0.2, 0.25) is 0 Å². The molecule has 1 aliphatic rings. The number of rotatable bonds is 2. The summed E-state index contributed by atoms with van der Waals surface area (Å²) in [5, 5.41) is 8.69. The fraction of sp³-hybridized carbons (Fsp3) is 0.0769. The van der Waals surface area contributed by atoms with Crippen molar-refractivity contribution in [2.24, 2.45) is 4.40 Å². The molecular weight excluding hydrogens is 328 g/mol. The van der Waals surface area contributed by atoms with Crippen molar-refractivity contribution in [2.75, 3.05) is 0 Å². The molecule has 0 aliphatic heterocycles. The molecule has 0 saturated carbocycles. The Morgan fingerprint density at radius 1 is 1.32 bits per heavy atom. The Kier molecular flexibility index (Phi) is 3.98. The third-order valence-corrected chi connectivity index (χ3v) is 4.26. The highest BCUT2D eigenvalue weighted by Crippen LogP contribution is 2.19. The summed E-state index contributed by atoms with van der Waals surface area (Å²) in [7, 11) is -3.71. The number of hydrogen-bond donors (Lipinski definition) is 0. The molecule has 6 heteroatoms. The van der Waals surface area contributed by atoms with Gasteiger partial charge in [0.1, 0.15) is 0 Å². The van der Waals surface area contributed by atoms with Crippen molar-refractivity contribution in [3.8, 4) is 6.07 Å². The van der Waals surface area contributed by atoms with Gasteiger partial charge < -0.3 is 0 Å². The topological polar surface area (TPSA) is 70.3 Å². The summed E-state index contributed by atoms with van der Waals surface area (Å²) in [6.45, 7) is 0. The molecule has 2 rings (SSSR count). The summed E-state index contributed by atoms with van der Waals surface area (Å²) in [5.41, 5.74) is 0.928. The van der Waals surface area contributed by atoms with Crippen molar-refractivity contribution in [2.45, 2.75) is 11.3 Å². The minimum absolute atomic E-state index is 0.137. The Labute approximate surface area is 120 Å². The number of sulfonamides is 1. The van der Waals surface area contributed by atoms with Gasteiger partial charge in [0.2, 0.25) is 0 Å². The Morgan fingerprint density at radius 2 is 2.11 bits per heavy atom. The van der Waals surface area contributed by atoms with Crippen molar-refractivity contribution in [1.29, 1.82) is 5.26 Å². The monoisotopic (exact) mass is 336 g/mol. The van der Waals surface area contributed by atoms with E-state index in [1.807, 2.05) is 6.07 Å². The molecule has 0 bridgehead atoms. The molecule has 1 aromatic rings. The largest absolute Gasteiger partial charge is 0.282 e. The van der Waals surface area contributed by atoms with Crippen LogP contribution in [0, 0.1) is 11.3 Å². The van der Waals surface area contributed by atoms with Crippen LogP contribution in [-0.4, -0.2) is 14.1 Å². The normalized spacial score (nSPS) is 17.1. The number of halogens is 1. The minimum Gasteiger partial charge on any atom is -0.199 e. The summed E-state index contributed by atoms with van der Waals surface area (Å²) in [6.07, 6.45) is 5.09. The van der Waals surface area contributed by atoms with Crippen LogP contribution in [0.3, 0.4) is 0 Å². The molecule has 0 spiro atoms. The second kappa shape index (κ2) is 5.51. The zero-order valence-electron chi connectivity index (χ0n) is 9.75. The molecule has 0 aromatic heterocycles. The van der Waals surface area contributed by atoms with E-state index in [4.69, 9.17) is 5.26 Å². The van der Waals surface area contributed by atoms with E-state index in [1.165, 1.54) is 12.1 Å². The first-order valence-corrected chi connectivity index (χ1v) is 7.62. The first-order chi connectivity index (χ1) is 9.01. The van der Waals surface area contributed by atoms with Crippen molar-refractivity contribution in [1.82, 2.24) is 0 Å². The highest BCUT2D eigenvalue weighted by molar-refractivity contribution is 9.10. The van der Waals surface area contributed by atoms with Gasteiger partial charge in [-0.15, -0.1) is 0 Å². The van der Waals surface area contributed by atoms with Crippen LogP contribution in [0.15, 0.2) is 61.8 Å². The molecule has 1 aliphatic carbocycles. The maximum absolute atomic E-state index is 12.1. The van der Waals surface area contributed by atoms with Crippen LogP contribution in [-0.2, 0) is 10.0 Å². The molecule has 0 heterocycles. The Bertz CT molecular complexity index is 740. The van der Waals surface area contributed by atoms with Crippen molar-refractivity contribution >= 4 is 31.7 Å². The first kappa shape index (κ1) is 13.7. The maximum Gasteiger partial charge on any atom is 0.282 e. The minimum atomic E-state index is -3.71. The fourth-order valence-corrected chi connectivity index (χ4v) is 3.15. The highest BCUT2D eigenvalue weighted by Gasteiger charge is 2.14. The Hall–Kier alpha value is -1.71. The van der Waals surface area contributed by atoms with Crippen LogP contribution in [0.1, 0.15) is 6.42 Å². The van der Waals surface area contributed by atoms with Crippen LogP contribution in [0.4, 0.5) is 0 Å². The van der Waals surface area contributed by atoms with Crippen LogP contribution in [0.25, 0.3) is 0 Å². The molecule has 0 atom stereocenters. The molecule has 96 valence electrons. The molecule has 0 saturated heterocycles. The van der Waals surface area contributed by atoms with Crippen molar-refractivity contribution in [3.63, 3.8) is 0 Å². The quantitative estimate of drug-likeness (QED) is 0.833. The van der Waals surface area contributed by atoms with E-state index in [1.54, 1.807) is 30.4 Å². The number of benzene rings is 1. The first-order valence-electron chi connectivity index (χ1n) is 5.39. The molecule has 0 N–H and O–H groups in total. The highest BCUT2D eigenvalue weighted by atomic mass is 79.9. The number of allylic oxidation sites excluding steroid dienone is 4. The molecular formula is C13H9BrN2O2S. The van der Waals surface area contributed by atoms with E-state index < -0.39 is 10.0 Å². The Morgan fingerprint density at radius 3 is 2.68 bits per heavy atom. The lowest BCUT2D eigenvalue weighted by Crippen LogP contribution is -2.04. The van der Waals surface area contributed by atoms with Crippen molar-refractivity contribution in [3.05, 3.63) is 52.5 Å². The predicted octanol–water partition coefficient (Wildman–Crippen LogP) is 2.99. The second-order valence-corrected chi connectivity index (χ2v) is 6.34. The second-order valence-electron chi connectivity index (χ2n) is 3.82. The molecule has 0 radical (unpaired) electrons. The van der Waals surface area contributed by atoms with Gasteiger partial charge in [-0.2, -0.15) is 18.1 Å². The van der Waals surface area contributed by atoms with Gasteiger partial charge in [0, 0.05) is 16.5 Å². The van der Waals surface area contributed by atoms with Gasteiger partial charge in [-0.25, -0.2) is 0 Å². The summed E-state index contributed by atoms with van der Waals surface area (Å²) in [4.78, 5) is 0.137. The molecule has 19 heavy (non-hydrogen) atoms. The van der Waals surface area contributed by atoms with Gasteiger partial charge in [0.15, 0.2) is 0 Å². The summed E-state index contributed by atoms with van der Waals surface area (Å²) >= 11 is 3.22. The third kappa shape index (κ3) is 3.40. The molecule has 0 fully saturated rings. The van der Waals surface area contributed by atoms with Gasteiger partial charge in [-0.05, 0) is 30.4 Å². The summed E-state index contributed by atoms with van der Waals surface area (Å²) in [5.74, 6) is 0. The standard InChI is InChI=1S/C13H9BrN2O2S/c14-11-2-1-3-13(8-11)19(17,18)16-12-6-4-10(9-15)5-7-12/h1-6,8H,7H2. The van der Waals surface area contributed by atoms with Crippen LogP contribution in [0.5, 0.6) is 0 Å². The SMILES string of the molecule is N#CC1=CCC(=NS(=O)(=O)c2cccc(Br)c2)C=C1. The van der Waals surface area contributed by atoms with E-state index in [9.17, 15) is 8.42 Å². The zero-order valence-corrected chi connectivity index (χ0v) is 12.1. The van der Waals surface area contributed by atoms with Gasteiger partial charge >= 0.3 is 0 Å². The predicted molar refractivity (Wildman–Crippen MR) is 76.2 cm³/mol. The number of nitriles is 1. The van der Waals surface area contributed by atoms with Gasteiger partial charge in [0.05, 0.1) is 16.7 Å². The molecule has 0 unspecified atom stereocenters. The molecule has 0 amide bonds. The lowest BCUT2D eigenvalue weighted by molar-refractivity contribution is 0.598. The van der Waals surface area contributed by atoms with E-state index in [2.05, 4.69) is 20.3 Å². The van der Waals surface area contributed by atoms with Gasteiger partial charge in [-0.1, -0.05) is 28.1 Å². The van der Waals surface area contributed by atoms with E-state index in [0.717, 1.165) is 0 Å². The van der Waals surface area contributed by atoms with Crippen LogP contribution >= 0.6 is 15.9 Å². The van der Waals surface area contributed by atoms with E-state index >= 15 is 0 Å². The maximum atomic E-state index is 12.1. The smallest absolute Gasteiger partial charge is 0.199 e. The Balaban J connectivity index is 2.32. The van der Waals surface area contributed by atoms with E-state index in [-0.39, 0.29) is 4.90 Å². The number of hydrogen-bond acceptors (Lipinski definition) is 3. The molecule has 4 nitrogen and oxygen atoms in total. The lowest BCUT2D eigenvalue weighted by atomic mass is 10.1. The van der Waals surface area contributed by atoms with Crippen molar-refractivity contribution < 1.29 is 8.42 Å². The van der Waals surface area contributed by atoms with E-state index in [0.29, 0.717) is 22.2 Å². The zero-order chi connectivity index (χ0) is 13.9. The summed E-state index contributed by atoms with van der Waals surface area (Å²) < 4.78 is 28.6. The van der Waals surface area contributed by atoms with Gasteiger partial charge in [-0.3, -0.25) is 0 Å². The third-order valence-electron chi connectivity index (χ3n) is 2.45. The summed E-state index contributed by atoms with van der Waals surface area (Å²) in [6, 6.07) is 8.37. The van der Waals surface area contributed by atoms with Gasteiger partial charge in [0.25, 0.3) is 10.0 Å². The number of nitrogens with zero attached hydrogens (tertiary/aromatic N) is 2. The lowest BCUT2D eigenvalue weighted by Gasteiger charge is -2.04. The average molecular weight is 337 g/mol.